The average Bonchev–Trinajstić information content (AvgIpc) is 2.93. The van der Waals surface area contributed by atoms with Crippen LogP contribution in [0.4, 0.5) is 0 Å². The monoisotopic (exact) mass is 326 g/mol. The van der Waals surface area contributed by atoms with Gasteiger partial charge in [-0.1, -0.05) is 35.9 Å². The van der Waals surface area contributed by atoms with Crippen molar-refractivity contribution in [1.82, 2.24) is 9.29 Å². The summed E-state index contributed by atoms with van der Waals surface area (Å²) in [7, 11) is -3.45. The van der Waals surface area contributed by atoms with Crippen LogP contribution in [0.5, 0.6) is 0 Å². The van der Waals surface area contributed by atoms with Gasteiger partial charge in [-0.2, -0.15) is 4.31 Å². The molecule has 0 saturated heterocycles. The molecule has 1 N–H and O–H groups in total. The smallest absolute Gasteiger partial charge is 0.243 e. The van der Waals surface area contributed by atoms with Crippen molar-refractivity contribution in [2.75, 3.05) is 6.54 Å². The third kappa shape index (κ3) is 2.36. The molecule has 1 aliphatic rings. The number of hydrogen-bond acceptors (Lipinski definition) is 2. The van der Waals surface area contributed by atoms with Crippen LogP contribution in [0.2, 0.25) is 0 Å². The van der Waals surface area contributed by atoms with Crippen LogP contribution in [0.3, 0.4) is 0 Å². The van der Waals surface area contributed by atoms with Gasteiger partial charge < -0.3 is 4.98 Å². The van der Waals surface area contributed by atoms with Crippen molar-refractivity contribution in [3.05, 3.63) is 65.4 Å². The second-order valence-electron chi connectivity index (χ2n) is 6.03. The van der Waals surface area contributed by atoms with Crippen LogP contribution >= 0.6 is 0 Å². The summed E-state index contributed by atoms with van der Waals surface area (Å²) in [5, 5.41) is 1.12. The minimum atomic E-state index is -3.45. The first kappa shape index (κ1) is 14.5. The van der Waals surface area contributed by atoms with Crippen LogP contribution in [-0.2, 0) is 23.0 Å². The number of aryl methyl sites for hydroxylation is 1. The molecule has 5 heteroatoms. The molecule has 0 amide bonds. The van der Waals surface area contributed by atoms with Crippen LogP contribution < -0.4 is 0 Å². The molecule has 2 aromatic carbocycles. The molecule has 1 aromatic heterocycles. The van der Waals surface area contributed by atoms with E-state index in [-0.39, 0.29) is 0 Å². The molecule has 0 radical (unpaired) electrons. The predicted octanol–water partition coefficient (Wildman–Crippen LogP) is 3.22. The number of rotatable bonds is 2. The highest BCUT2D eigenvalue weighted by molar-refractivity contribution is 7.89. The summed E-state index contributed by atoms with van der Waals surface area (Å²) in [6, 6.07) is 15.1. The van der Waals surface area contributed by atoms with Crippen molar-refractivity contribution >= 4 is 20.9 Å². The molecule has 0 unspecified atom stereocenters. The molecule has 23 heavy (non-hydrogen) atoms. The Morgan fingerprint density at radius 2 is 1.78 bits per heavy atom. The zero-order valence-electron chi connectivity index (χ0n) is 12.9. The Hall–Kier alpha value is -2.11. The lowest BCUT2D eigenvalue weighted by Gasteiger charge is -2.26. The second-order valence-corrected chi connectivity index (χ2v) is 7.97. The van der Waals surface area contributed by atoms with E-state index in [2.05, 4.69) is 4.98 Å². The molecule has 3 aromatic rings. The Morgan fingerprint density at radius 3 is 2.57 bits per heavy atom. The molecule has 2 heterocycles. The van der Waals surface area contributed by atoms with E-state index >= 15 is 0 Å². The summed E-state index contributed by atoms with van der Waals surface area (Å²) in [5.74, 6) is 0. The first-order chi connectivity index (χ1) is 11.1. The molecule has 118 valence electrons. The number of benzene rings is 2. The van der Waals surface area contributed by atoms with Gasteiger partial charge >= 0.3 is 0 Å². The maximum Gasteiger partial charge on any atom is 0.243 e. The van der Waals surface area contributed by atoms with E-state index in [9.17, 15) is 8.42 Å². The van der Waals surface area contributed by atoms with Gasteiger partial charge in [0, 0.05) is 36.1 Å². The highest BCUT2D eigenvalue weighted by Gasteiger charge is 2.30. The molecule has 4 rings (SSSR count). The van der Waals surface area contributed by atoms with Gasteiger partial charge in [-0.3, -0.25) is 0 Å². The number of para-hydroxylation sites is 1. The van der Waals surface area contributed by atoms with Gasteiger partial charge in [0.1, 0.15) is 0 Å². The Bertz CT molecular complexity index is 972. The zero-order valence-corrected chi connectivity index (χ0v) is 13.7. The third-order valence-electron chi connectivity index (χ3n) is 4.51. The van der Waals surface area contributed by atoms with Crippen molar-refractivity contribution in [1.29, 1.82) is 0 Å². The quantitative estimate of drug-likeness (QED) is 0.786. The van der Waals surface area contributed by atoms with Gasteiger partial charge in [0.05, 0.1) is 4.90 Å². The lowest BCUT2D eigenvalue weighted by molar-refractivity contribution is 0.391. The molecule has 0 aliphatic carbocycles. The SMILES string of the molecule is Cc1ccc(S(=O)(=O)N2CCc3[nH]c4ccccc4c3C2)cc1. The van der Waals surface area contributed by atoms with E-state index in [4.69, 9.17) is 0 Å². The van der Waals surface area contributed by atoms with Crippen molar-refractivity contribution in [3.63, 3.8) is 0 Å². The fraction of sp³-hybridized carbons (Fsp3) is 0.222. The number of nitrogens with one attached hydrogen (secondary N) is 1. The Balaban J connectivity index is 1.73. The number of H-pyrrole nitrogens is 1. The van der Waals surface area contributed by atoms with Crippen LogP contribution in [0, 0.1) is 6.92 Å². The molecule has 0 fully saturated rings. The number of fused-ring (bicyclic) bond motifs is 3. The maximum atomic E-state index is 12.9. The number of hydrogen-bond donors (Lipinski definition) is 1. The third-order valence-corrected chi connectivity index (χ3v) is 6.37. The molecule has 0 spiro atoms. The maximum absolute atomic E-state index is 12.9. The normalized spacial score (nSPS) is 15.7. The predicted molar refractivity (Wildman–Crippen MR) is 90.8 cm³/mol. The first-order valence-electron chi connectivity index (χ1n) is 7.71. The van der Waals surface area contributed by atoms with Crippen molar-refractivity contribution in [2.24, 2.45) is 0 Å². The molecule has 1 aliphatic heterocycles. The lowest BCUT2D eigenvalue weighted by atomic mass is 10.1. The highest BCUT2D eigenvalue weighted by atomic mass is 32.2. The van der Waals surface area contributed by atoms with Crippen LogP contribution in [-0.4, -0.2) is 24.3 Å². The molecule has 4 nitrogen and oxygen atoms in total. The molecule has 0 bridgehead atoms. The van der Waals surface area contributed by atoms with Crippen molar-refractivity contribution in [2.45, 2.75) is 24.8 Å². The van der Waals surface area contributed by atoms with Gasteiger partial charge in [0.15, 0.2) is 0 Å². The first-order valence-corrected chi connectivity index (χ1v) is 9.15. The van der Waals surface area contributed by atoms with E-state index in [1.807, 2.05) is 43.3 Å². The van der Waals surface area contributed by atoms with Crippen molar-refractivity contribution in [3.8, 4) is 0 Å². The van der Waals surface area contributed by atoms with Crippen molar-refractivity contribution < 1.29 is 8.42 Å². The van der Waals surface area contributed by atoms with Crippen LogP contribution in [0.15, 0.2) is 53.4 Å². The second kappa shape index (κ2) is 5.22. The summed E-state index contributed by atoms with van der Waals surface area (Å²) in [5.41, 5.74) is 4.39. The lowest BCUT2D eigenvalue weighted by Crippen LogP contribution is -2.35. The fourth-order valence-electron chi connectivity index (χ4n) is 3.21. The van der Waals surface area contributed by atoms with Crippen LogP contribution in [0.25, 0.3) is 10.9 Å². The number of aromatic amines is 1. The molecular formula is C18H18N2O2S. The molecule has 0 saturated carbocycles. The minimum absolute atomic E-state index is 0.367. The van der Waals surface area contributed by atoms with Gasteiger partial charge in [-0.25, -0.2) is 8.42 Å². The van der Waals surface area contributed by atoms with Gasteiger partial charge in [0.2, 0.25) is 10.0 Å². The summed E-state index contributed by atoms with van der Waals surface area (Å²) in [6.07, 6.45) is 0.717. The summed E-state index contributed by atoms with van der Waals surface area (Å²) in [6.45, 7) is 2.89. The van der Waals surface area contributed by atoms with Gasteiger partial charge in [-0.15, -0.1) is 0 Å². The average molecular weight is 326 g/mol. The van der Waals surface area contributed by atoms with Gasteiger partial charge in [0.25, 0.3) is 0 Å². The van der Waals surface area contributed by atoms with Gasteiger partial charge in [-0.05, 0) is 30.7 Å². The van der Waals surface area contributed by atoms with E-state index in [1.54, 1.807) is 16.4 Å². The summed E-state index contributed by atoms with van der Waals surface area (Å²) >= 11 is 0. The number of aromatic nitrogens is 1. The summed E-state index contributed by atoms with van der Waals surface area (Å²) in [4.78, 5) is 3.78. The Kier molecular flexibility index (Phi) is 3.28. The topological polar surface area (TPSA) is 53.2 Å². The molecule has 0 atom stereocenters. The largest absolute Gasteiger partial charge is 0.358 e. The van der Waals surface area contributed by atoms with E-state index in [0.717, 1.165) is 34.1 Å². The van der Waals surface area contributed by atoms with Crippen LogP contribution in [0.1, 0.15) is 16.8 Å². The number of sulfonamides is 1. The minimum Gasteiger partial charge on any atom is -0.358 e. The van der Waals surface area contributed by atoms with E-state index in [0.29, 0.717) is 18.0 Å². The zero-order chi connectivity index (χ0) is 16.0. The van der Waals surface area contributed by atoms with E-state index in [1.165, 1.54) is 0 Å². The standard InChI is InChI=1S/C18H18N2O2S/c1-13-6-8-14(9-7-13)23(21,22)20-11-10-18-16(12-20)15-4-2-3-5-17(15)19-18/h2-9,19H,10-12H2,1H3. The fourth-order valence-corrected chi connectivity index (χ4v) is 4.62. The van der Waals surface area contributed by atoms with E-state index < -0.39 is 10.0 Å². The Labute approximate surface area is 135 Å². The Morgan fingerprint density at radius 1 is 1.04 bits per heavy atom. The molecular weight excluding hydrogens is 308 g/mol. The highest BCUT2D eigenvalue weighted by Crippen LogP contribution is 2.30. The summed E-state index contributed by atoms with van der Waals surface area (Å²) < 4.78 is 27.3. The number of nitrogens with zero attached hydrogens (tertiary/aromatic N) is 1.